The largest absolute Gasteiger partial charge is 0.508 e. The molecule has 0 aromatic heterocycles. The summed E-state index contributed by atoms with van der Waals surface area (Å²) in [6, 6.07) is 5.06. The quantitative estimate of drug-likeness (QED) is 0.646. The monoisotopic (exact) mass is 313 g/mol. The van der Waals surface area contributed by atoms with Crippen LogP contribution in [-0.4, -0.2) is 34.8 Å². The number of carbonyl (C=O) groups excluding carboxylic acids is 1. The van der Waals surface area contributed by atoms with Crippen LogP contribution in [0.1, 0.15) is 35.2 Å². The molecule has 0 atom stereocenters. The fourth-order valence-electron chi connectivity index (χ4n) is 1.78. The number of benzene rings is 1. The molecule has 0 fully saturated rings. The Morgan fingerprint density at radius 1 is 1.33 bits per heavy atom. The Balaban J connectivity index is 2.60. The SMILES string of the molecule is Cc1c(O)cccc1C(=O)N(C)CCCCCBr. The molecule has 1 amide bonds. The maximum absolute atomic E-state index is 12.2. The number of carbonyl (C=O) groups is 1. The van der Waals surface area contributed by atoms with Gasteiger partial charge < -0.3 is 10.0 Å². The molecule has 0 bridgehead atoms. The molecule has 1 rings (SSSR count). The van der Waals surface area contributed by atoms with Crippen molar-refractivity contribution < 1.29 is 9.90 Å². The molecule has 3 nitrogen and oxygen atoms in total. The maximum Gasteiger partial charge on any atom is 0.253 e. The van der Waals surface area contributed by atoms with Crippen molar-refractivity contribution in [2.75, 3.05) is 18.9 Å². The normalized spacial score (nSPS) is 10.4. The molecule has 1 N–H and O–H groups in total. The van der Waals surface area contributed by atoms with E-state index in [1.165, 1.54) is 0 Å². The number of amides is 1. The van der Waals surface area contributed by atoms with Gasteiger partial charge >= 0.3 is 0 Å². The zero-order valence-electron chi connectivity index (χ0n) is 10.9. The zero-order valence-corrected chi connectivity index (χ0v) is 12.5. The second kappa shape index (κ2) is 7.41. The van der Waals surface area contributed by atoms with Gasteiger partial charge in [-0.15, -0.1) is 0 Å². The molecular weight excluding hydrogens is 294 g/mol. The molecule has 0 aliphatic rings. The van der Waals surface area contributed by atoms with Crippen LogP contribution >= 0.6 is 15.9 Å². The summed E-state index contributed by atoms with van der Waals surface area (Å²) in [5.41, 5.74) is 1.23. The van der Waals surface area contributed by atoms with Gasteiger partial charge in [-0.3, -0.25) is 4.79 Å². The number of phenolic OH excluding ortho intramolecular Hbond substituents is 1. The van der Waals surface area contributed by atoms with Crippen LogP contribution in [0.3, 0.4) is 0 Å². The van der Waals surface area contributed by atoms with Crippen LogP contribution in [0.5, 0.6) is 5.75 Å². The molecule has 0 heterocycles. The van der Waals surface area contributed by atoms with Gasteiger partial charge in [0.25, 0.3) is 5.91 Å². The van der Waals surface area contributed by atoms with Crippen molar-refractivity contribution in [2.45, 2.75) is 26.2 Å². The number of aromatic hydroxyl groups is 1. The Labute approximate surface area is 117 Å². The third-order valence-corrected chi connectivity index (χ3v) is 3.57. The second-order valence-corrected chi connectivity index (χ2v) is 5.22. The number of unbranched alkanes of at least 4 members (excludes halogenated alkanes) is 2. The van der Waals surface area contributed by atoms with E-state index >= 15 is 0 Å². The number of hydrogen-bond donors (Lipinski definition) is 1. The number of nitrogens with zero attached hydrogens (tertiary/aromatic N) is 1. The van der Waals surface area contributed by atoms with Gasteiger partial charge in [-0.2, -0.15) is 0 Å². The van der Waals surface area contributed by atoms with Gasteiger partial charge in [0.1, 0.15) is 5.75 Å². The standard InChI is InChI=1S/C14H20BrNO2/c1-11-12(7-6-8-13(11)17)14(18)16(2)10-5-3-4-9-15/h6-8,17H,3-5,9-10H2,1-2H3. The summed E-state index contributed by atoms with van der Waals surface area (Å²) >= 11 is 3.39. The van der Waals surface area contributed by atoms with Gasteiger partial charge in [0.2, 0.25) is 0 Å². The lowest BCUT2D eigenvalue weighted by molar-refractivity contribution is 0.0791. The van der Waals surface area contributed by atoms with Gasteiger partial charge in [-0.05, 0) is 31.9 Å². The highest BCUT2D eigenvalue weighted by Gasteiger charge is 2.15. The van der Waals surface area contributed by atoms with E-state index in [4.69, 9.17) is 0 Å². The van der Waals surface area contributed by atoms with Crippen molar-refractivity contribution in [3.05, 3.63) is 29.3 Å². The van der Waals surface area contributed by atoms with Crippen molar-refractivity contribution >= 4 is 21.8 Å². The molecule has 0 saturated heterocycles. The van der Waals surface area contributed by atoms with E-state index in [9.17, 15) is 9.90 Å². The van der Waals surface area contributed by atoms with E-state index in [0.717, 1.165) is 31.1 Å². The fourth-order valence-corrected chi connectivity index (χ4v) is 2.18. The Bertz CT molecular complexity index is 407. The first-order valence-electron chi connectivity index (χ1n) is 6.18. The third-order valence-electron chi connectivity index (χ3n) is 3.01. The minimum atomic E-state index is -0.0257. The molecular formula is C14H20BrNO2. The summed E-state index contributed by atoms with van der Waals surface area (Å²) < 4.78 is 0. The minimum Gasteiger partial charge on any atom is -0.508 e. The first kappa shape index (κ1) is 15.0. The predicted octanol–water partition coefficient (Wildman–Crippen LogP) is 3.34. The Morgan fingerprint density at radius 3 is 2.72 bits per heavy atom. The van der Waals surface area contributed by atoms with Crippen LogP contribution < -0.4 is 0 Å². The van der Waals surface area contributed by atoms with Crippen LogP contribution in [0.15, 0.2) is 18.2 Å². The van der Waals surface area contributed by atoms with Crippen LogP contribution in [0.2, 0.25) is 0 Å². The minimum absolute atomic E-state index is 0.0257. The summed E-state index contributed by atoms with van der Waals surface area (Å²) in [6.45, 7) is 2.52. The van der Waals surface area contributed by atoms with Crippen LogP contribution in [-0.2, 0) is 0 Å². The molecule has 0 aliphatic heterocycles. The van der Waals surface area contributed by atoms with Crippen LogP contribution in [0.4, 0.5) is 0 Å². The van der Waals surface area contributed by atoms with E-state index < -0.39 is 0 Å². The first-order valence-corrected chi connectivity index (χ1v) is 7.30. The van der Waals surface area contributed by atoms with Crippen LogP contribution in [0, 0.1) is 6.92 Å². The molecule has 0 spiro atoms. The fraction of sp³-hybridized carbons (Fsp3) is 0.500. The zero-order chi connectivity index (χ0) is 13.5. The van der Waals surface area contributed by atoms with E-state index in [1.54, 1.807) is 37.1 Å². The van der Waals surface area contributed by atoms with Gasteiger partial charge in [0.05, 0.1) is 0 Å². The molecule has 1 aromatic carbocycles. The topological polar surface area (TPSA) is 40.5 Å². The molecule has 4 heteroatoms. The van der Waals surface area contributed by atoms with E-state index in [0.29, 0.717) is 11.1 Å². The average molecular weight is 314 g/mol. The van der Waals surface area contributed by atoms with E-state index in [1.807, 2.05) is 0 Å². The van der Waals surface area contributed by atoms with Gasteiger partial charge in [0.15, 0.2) is 0 Å². The highest BCUT2D eigenvalue weighted by molar-refractivity contribution is 9.09. The van der Waals surface area contributed by atoms with Crippen molar-refractivity contribution in [1.29, 1.82) is 0 Å². The van der Waals surface area contributed by atoms with E-state index in [-0.39, 0.29) is 11.7 Å². The smallest absolute Gasteiger partial charge is 0.253 e. The summed E-state index contributed by atoms with van der Waals surface area (Å²) in [5, 5.41) is 10.6. The number of rotatable bonds is 6. The molecule has 0 saturated carbocycles. The average Bonchev–Trinajstić information content (AvgIpc) is 2.37. The Morgan fingerprint density at radius 2 is 2.06 bits per heavy atom. The lowest BCUT2D eigenvalue weighted by Gasteiger charge is -2.18. The van der Waals surface area contributed by atoms with Gasteiger partial charge in [0, 0.05) is 30.0 Å². The third kappa shape index (κ3) is 4.02. The Hall–Kier alpha value is -1.03. The van der Waals surface area contributed by atoms with Crippen molar-refractivity contribution in [1.82, 2.24) is 4.90 Å². The summed E-state index contributed by atoms with van der Waals surface area (Å²) in [4.78, 5) is 13.9. The summed E-state index contributed by atoms with van der Waals surface area (Å²) in [7, 11) is 1.81. The van der Waals surface area contributed by atoms with Crippen molar-refractivity contribution in [2.24, 2.45) is 0 Å². The summed E-state index contributed by atoms with van der Waals surface area (Å²) in [5.74, 6) is 0.149. The second-order valence-electron chi connectivity index (χ2n) is 4.43. The molecule has 0 radical (unpaired) electrons. The summed E-state index contributed by atoms with van der Waals surface area (Å²) in [6.07, 6.45) is 3.25. The lowest BCUT2D eigenvalue weighted by atomic mass is 10.1. The van der Waals surface area contributed by atoms with Gasteiger partial charge in [-0.25, -0.2) is 0 Å². The van der Waals surface area contributed by atoms with Crippen molar-refractivity contribution in [3.8, 4) is 5.75 Å². The Kier molecular flexibility index (Phi) is 6.19. The van der Waals surface area contributed by atoms with Crippen LogP contribution in [0.25, 0.3) is 0 Å². The molecule has 1 aromatic rings. The van der Waals surface area contributed by atoms with E-state index in [2.05, 4.69) is 15.9 Å². The van der Waals surface area contributed by atoms with Gasteiger partial charge in [-0.1, -0.05) is 28.4 Å². The number of alkyl halides is 1. The lowest BCUT2D eigenvalue weighted by Crippen LogP contribution is -2.28. The molecule has 18 heavy (non-hydrogen) atoms. The number of phenols is 1. The first-order chi connectivity index (χ1) is 8.57. The number of halogens is 1. The highest BCUT2D eigenvalue weighted by Crippen LogP contribution is 2.20. The predicted molar refractivity (Wildman–Crippen MR) is 77.4 cm³/mol. The molecule has 0 unspecified atom stereocenters. The number of hydrogen-bond acceptors (Lipinski definition) is 2. The van der Waals surface area contributed by atoms with Crippen molar-refractivity contribution in [3.63, 3.8) is 0 Å². The molecule has 0 aliphatic carbocycles. The maximum atomic E-state index is 12.2. The highest BCUT2D eigenvalue weighted by atomic mass is 79.9. The molecule has 100 valence electrons.